The fourth-order valence-corrected chi connectivity index (χ4v) is 4.00. The van der Waals surface area contributed by atoms with Crippen molar-refractivity contribution in [2.75, 3.05) is 17.4 Å². The Morgan fingerprint density at radius 2 is 2.18 bits per heavy atom. The maximum atomic E-state index is 11.9. The lowest BCUT2D eigenvalue weighted by Gasteiger charge is -2.08. The Bertz CT molecular complexity index is 535. The highest BCUT2D eigenvalue weighted by Crippen LogP contribution is 2.28. The number of alkyl halides is 1. The van der Waals surface area contributed by atoms with Crippen molar-refractivity contribution in [3.63, 3.8) is 0 Å². The zero-order valence-corrected chi connectivity index (χ0v) is 11.7. The van der Waals surface area contributed by atoms with Crippen LogP contribution in [-0.2, 0) is 9.84 Å². The Balaban J connectivity index is 3.36. The molecule has 0 fully saturated rings. The van der Waals surface area contributed by atoms with E-state index in [0.29, 0.717) is 4.90 Å². The van der Waals surface area contributed by atoms with E-state index >= 15 is 0 Å². The molecule has 0 saturated heterocycles. The molecule has 1 aromatic carbocycles. The Morgan fingerprint density at radius 3 is 2.71 bits per heavy atom. The van der Waals surface area contributed by atoms with Gasteiger partial charge in [-0.2, -0.15) is 5.26 Å². The van der Waals surface area contributed by atoms with Crippen molar-refractivity contribution in [1.82, 2.24) is 0 Å². The average Bonchev–Trinajstić information content (AvgIpc) is 2.29. The number of rotatable bonds is 5. The quantitative estimate of drug-likeness (QED) is 0.618. The molecule has 0 unspecified atom stereocenters. The lowest BCUT2D eigenvalue weighted by atomic mass is 10.2. The lowest BCUT2D eigenvalue weighted by molar-refractivity contribution is 0.597. The highest BCUT2D eigenvalue weighted by Gasteiger charge is 2.20. The molecule has 3 nitrogen and oxygen atoms in total. The Morgan fingerprint density at radius 1 is 1.47 bits per heavy atom. The summed E-state index contributed by atoms with van der Waals surface area (Å²) in [6, 6.07) is 6.84. The molecule has 92 valence electrons. The highest BCUT2D eigenvalue weighted by atomic mass is 35.5. The first-order valence-electron chi connectivity index (χ1n) is 5.01. The largest absolute Gasteiger partial charge is 0.224 e. The fourth-order valence-electron chi connectivity index (χ4n) is 1.37. The minimum atomic E-state index is -3.46. The molecule has 0 aliphatic heterocycles. The van der Waals surface area contributed by atoms with Crippen molar-refractivity contribution in [2.24, 2.45) is 0 Å². The molecule has 0 aliphatic carbocycles. The maximum absolute atomic E-state index is 11.9. The van der Waals surface area contributed by atoms with Crippen molar-refractivity contribution < 1.29 is 8.42 Å². The summed E-state index contributed by atoms with van der Waals surface area (Å²) >= 11 is 6.92. The van der Waals surface area contributed by atoms with E-state index in [1.165, 1.54) is 17.8 Å². The molecular formula is C11H12ClNO2S2. The van der Waals surface area contributed by atoms with Crippen LogP contribution in [0.2, 0.25) is 0 Å². The summed E-state index contributed by atoms with van der Waals surface area (Å²) in [4.78, 5) is 0.782. The zero-order valence-electron chi connectivity index (χ0n) is 9.31. The number of hydrogen-bond donors (Lipinski definition) is 0. The standard InChI is InChI=1S/C11H12ClNO2S2/c1-2-16-10-4-3-5-11(9(10)8-13)17(14,15)7-6-12/h3-5H,2,6-7H2,1H3. The van der Waals surface area contributed by atoms with Gasteiger partial charge in [-0.25, -0.2) is 8.42 Å². The number of halogens is 1. The molecule has 6 heteroatoms. The van der Waals surface area contributed by atoms with E-state index in [1.807, 2.05) is 13.0 Å². The summed E-state index contributed by atoms with van der Waals surface area (Å²) in [6.45, 7) is 1.95. The van der Waals surface area contributed by atoms with Crippen LogP contribution in [0.5, 0.6) is 0 Å². The van der Waals surface area contributed by atoms with Crippen LogP contribution in [0.1, 0.15) is 12.5 Å². The molecule has 0 bridgehead atoms. The monoisotopic (exact) mass is 289 g/mol. The van der Waals surface area contributed by atoms with Crippen LogP contribution in [0.3, 0.4) is 0 Å². The van der Waals surface area contributed by atoms with Crippen molar-refractivity contribution in [3.05, 3.63) is 23.8 Å². The van der Waals surface area contributed by atoms with Gasteiger partial charge in [-0.1, -0.05) is 13.0 Å². The first kappa shape index (κ1) is 14.4. The number of nitriles is 1. The minimum absolute atomic E-state index is 0.0261. The third-order valence-electron chi connectivity index (χ3n) is 2.08. The van der Waals surface area contributed by atoms with Crippen LogP contribution in [0.15, 0.2) is 28.0 Å². The third kappa shape index (κ3) is 3.38. The Labute approximate surface area is 111 Å². The average molecular weight is 290 g/mol. The fraction of sp³-hybridized carbons (Fsp3) is 0.364. The number of hydrogen-bond acceptors (Lipinski definition) is 4. The van der Waals surface area contributed by atoms with Gasteiger partial charge in [-0.3, -0.25) is 0 Å². The van der Waals surface area contributed by atoms with Gasteiger partial charge in [0.2, 0.25) is 0 Å². The molecular weight excluding hydrogens is 278 g/mol. The summed E-state index contributed by atoms with van der Waals surface area (Å²) in [5, 5.41) is 9.10. The smallest absolute Gasteiger partial charge is 0.180 e. The summed E-state index contributed by atoms with van der Waals surface area (Å²) in [7, 11) is -3.46. The molecule has 0 N–H and O–H groups in total. The lowest BCUT2D eigenvalue weighted by Crippen LogP contribution is -2.10. The third-order valence-corrected chi connectivity index (χ3v) is 5.19. The first-order valence-corrected chi connectivity index (χ1v) is 8.18. The minimum Gasteiger partial charge on any atom is -0.224 e. The summed E-state index contributed by atoms with van der Waals surface area (Å²) in [5.41, 5.74) is 0.226. The van der Waals surface area contributed by atoms with Gasteiger partial charge in [0, 0.05) is 10.8 Å². The van der Waals surface area contributed by atoms with Gasteiger partial charge < -0.3 is 0 Å². The van der Waals surface area contributed by atoms with Gasteiger partial charge >= 0.3 is 0 Å². The topological polar surface area (TPSA) is 57.9 Å². The molecule has 0 amide bonds. The molecule has 0 aliphatic rings. The molecule has 0 radical (unpaired) electrons. The van der Waals surface area contributed by atoms with Crippen LogP contribution in [0.25, 0.3) is 0 Å². The normalized spacial score (nSPS) is 11.1. The Kier molecular flexibility index (Phi) is 5.31. The molecule has 0 atom stereocenters. The second-order valence-corrected chi connectivity index (χ2v) is 6.94. The molecule has 0 saturated carbocycles. The van der Waals surface area contributed by atoms with E-state index < -0.39 is 9.84 Å². The second kappa shape index (κ2) is 6.29. The van der Waals surface area contributed by atoms with E-state index in [0.717, 1.165) is 5.75 Å². The van der Waals surface area contributed by atoms with Crippen molar-refractivity contribution in [3.8, 4) is 6.07 Å². The van der Waals surface area contributed by atoms with Gasteiger partial charge in [-0.15, -0.1) is 23.4 Å². The van der Waals surface area contributed by atoms with E-state index in [-0.39, 0.29) is 22.1 Å². The van der Waals surface area contributed by atoms with Crippen molar-refractivity contribution in [1.29, 1.82) is 5.26 Å². The predicted molar refractivity (Wildman–Crippen MR) is 70.3 cm³/mol. The predicted octanol–water partition coefficient (Wildman–Crippen LogP) is 2.68. The molecule has 0 aromatic heterocycles. The summed E-state index contributed by atoms with van der Waals surface area (Å²) in [5.74, 6) is 0.662. The van der Waals surface area contributed by atoms with Crippen LogP contribution in [0.4, 0.5) is 0 Å². The molecule has 1 rings (SSSR count). The van der Waals surface area contributed by atoms with Crippen molar-refractivity contribution >= 4 is 33.2 Å². The van der Waals surface area contributed by atoms with Crippen LogP contribution < -0.4 is 0 Å². The van der Waals surface area contributed by atoms with E-state index in [1.54, 1.807) is 12.1 Å². The highest BCUT2D eigenvalue weighted by molar-refractivity contribution is 7.99. The molecule has 17 heavy (non-hydrogen) atoms. The van der Waals surface area contributed by atoms with E-state index in [2.05, 4.69) is 0 Å². The van der Waals surface area contributed by atoms with Gasteiger partial charge in [0.1, 0.15) is 6.07 Å². The van der Waals surface area contributed by atoms with Crippen LogP contribution >= 0.6 is 23.4 Å². The molecule has 1 aromatic rings. The Hall–Kier alpha value is -0.700. The molecule has 0 spiro atoms. The number of sulfone groups is 1. The van der Waals surface area contributed by atoms with E-state index in [4.69, 9.17) is 16.9 Å². The van der Waals surface area contributed by atoms with Gasteiger partial charge in [0.05, 0.1) is 16.2 Å². The first-order chi connectivity index (χ1) is 8.06. The number of benzene rings is 1. The summed E-state index contributed by atoms with van der Waals surface area (Å²) < 4.78 is 23.8. The number of nitrogens with zero attached hydrogens (tertiary/aromatic N) is 1. The zero-order chi connectivity index (χ0) is 12.9. The van der Waals surface area contributed by atoms with Gasteiger partial charge in [0.15, 0.2) is 9.84 Å². The maximum Gasteiger partial charge on any atom is 0.180 e. The van der Waals surface area contributed by atoms with Gasteiger partial charge in [-0.05, 0) is 17.9 Å². The van der Waals surface area contributed by atoms with Crippen LogP contribution in [-0.4, -0.2) is 25.8 Å². The summed E-state index contributed by atoms with van der Waals surface area (Å²) in [6.07, 6.45) is 0. The van der Waals surface area contributed by atoms with E-state index in [9.17, 15) is 8.42 Å². The van der Waals surface area contributed by atoms with Crippen molar-refractivity contribution in [2.45, 2.75) is 16.7 Å². The SMILES string of the molecule is CCSc1cccc(S(=O)(=O)CCCl)c1C#N. The number of thioether (sulfide) groups is 1. The second-order valence-electron chi connectivity index (χ2n) is 3.18. The molecule has 0 heterocycles. The van der Waals surface area contributed by atoms with Gasteiger partial charge in [0.25, 0.3) is 0 Å². The van der Waals surface area contributed by atoms with Crippen LogP contribution in [0, 0.1) is 11.3 Å².